The molecule has 1 rings (SSSR count). The summed E-state index contributed by atoms with van der Waals surface area (Å²) in [6.45, 7) is 0. The third kappa shape index (κ3) is 3.76. The van der Waals surface area contributed by atoms with Gasteiger partial charge in [-0.25, -0.2) is 0 Å². The van der Waals surface area contributed by atoms with Gasteiger partial charge in [-0.05, 0) is 9.91 Å². The number of ether oxygens (including phenoxy) is 1. The van der Waals surface area contributed by atoms with E-state index in [0.29, 0.717) is 0 Å². The fourth-order valence-corrected chi connectivity index (χ4v) is 1.19. The molecule has 0 fully saturated rings. The van der Waals surface area contributed by atoms with E-state index in [4.69, 9.17) is 5.11 Å². The van der Waals surface area contributed by atoms with Crippen molar-refractivity contribution in [2.45, 2.75) is 12.8 Å². The smallest absolute Gasteiger partial charge is 0.481 e. The van der Waals surface area contributed by atoms with Crippen molar-refractivity contribution in [3.63, 3.8) is 0 Å². The number of carboxylic acid groups (broad SMARTS) is 1. The number of halogens is 4. The lowest BCUT2D eigenvalue weighted by Crippen LogP contribution is -2.20. The highest BCUT2D eigenvalue weighted by Gasteiger charge is 2.37. The number of nitro groups is 1. The summed E-state index contributed by atoms with van der Waals surface area (Å²) in [5, 5.41) is 19.0. The maximum Gasteiger partial charge on any atom is 0.573 e. The predicted octanol–water partition coefficient (Wildman–Crippen LogP) is 1.65. The Hall–Kier alpha value is -2.46. The van der Waals surface area contributed by atoms with E-state index >= 15 is 0 Å². The molecular formula is C8H4F4N2O5. The first-order valence-corrected chi connectivity index (χ1v) is 4.41. The lowest BCUT2D eigenvalue weighted by Gasteiger charge is -2.12. The Bertz CT molecular complexity index is 531. The van der Waals surface area contributed by atoms with Gasteiger partial charge in [-0.2, -0.15) is 4.39 Å². The third-order valence-electron chi connectivity index (χ3n) is 1.78. The molecule has 0 unspecified atom stereocenters. The summed E-state index contributed by atoms with van der Waals surface area (Å²) >= 11 is 0. The number of hydrogen-bond acceptors (Lipinski definition) is 5. The summed E-state index contributed by atoms with van der Waals surface area (Å²) < 4.78 is 52.6. The molecule has 1 heterocycles. The van der Waals surface area contributed by atoms with Gasteiger partial charge in [-0.3, -0.25) is 4.79 Å². The Balaban J connectivity index is 3.43. The Morgan fingerprint density at radius 3 is 2.53 bits per heavy atom. The summed E-state index contributed by atoms with van der Waals surface area (Å²) in [6, 6.07) is 0. The average molecular weight is 284 g/mol. The fourth-order valence-electron chi connectivity index (χ4n) is 1.19. The molecule has 0 aliphatic carbocycles. The highest BCUT2D eigenvalue weighted by molar-refractivity contribution is 5.73. The molecule has 0 aromatic carbocycles. The number of nitrogens with zero attached hydrogens (tertiary/aromatic N) is 2. The number of pyridine rings is 1. The van der Waals surface area contributed by atoms with E-state index in [1.165, 1.54) is 0 Å². The first-order valence-electron chi connectivity index (χ1n) is 4.41. The maximum atomic E-state index is 13.2. The summed E-state index contributed by atoms with van der Waals surface area (Å²) in [4.78, 5) is 22.7. The van der Waals surface area contributed by atoms with Crippen molar-refractivity contribution in [1.29, 1.82) is 0 Å². The highest BCUT2D eigenvalue weighted by atomic mass is 19.4. The monoisotopic (exact) mass is 284 g/mol. The zero-order valence-electron chi connectivity index (χ0n) is 8.77. The summed E-state index contributed by atoms with van der Waals surface area (Å²) in [6.07, 6.45) is -6.43. The first kappa shape index (κ1) is 14.6. The van der Waals surface area contributed by atoms with E-state index < -0.39 is 46.6 Å². The molecule has 0 saturated carbocycles. The van der Waals surface area contributed by atoms with Gasteiger partial charge in [-0.1, -0.05) is 0 Å². The molecule has 0 aliphatic heterocycles. The summed E-state index contributed by atoms with van der Waals surface area (Å²) in [7, 11) is 0. The van der Waals surface area contributed by atoms with Gasteiger partial charge in [0.05, 0.1) is 6.42 Å². The average Bonchev–Trinajstić information content (AvgIpc) is 2.20. The number of hydrogen-bond donors (Lipinski definition) is 1. The van der Waals surface area contributed by atoms with Crippen LogP contribution in [0, 0.1) is 15.9 Å². The zero-order chi connectivity index (χ0) is 14.8. The molecule has 0 aliphatic rings. The number of carbonyl (C=O) groups is 1. The molecule has 0 spiro atoms. The second-order valence-corrected chi connectivity index (χ2v) is 3.11. The van der Waals surface area contributed by atoms with Crippen molar-refractivity contribution >= 4 is 11.8 Å². The second-order valence-electron chi connectivity index (χ2n) is 3.11. The minimum Gasteiger partial charge on any atom is -0.481 e. The van der Waals surface area contributed by atoms with Crippen LogP contribution in [0.15, 0.2) is 6.20 Å². The lowest BCUT2D eigenvalue weighted by atomic mass is 10.1. The van der Waals surface area contributed by atoms with Crippen LogP contribution >= 0.6 is 0 Å². The van der Waals surface area contributed by atoms with Gasteiger partial charge >= 0.3 is 18.1 Å². The zero-order valence-corrected chi connectivity index (χ0v) is 8.77. The van der Waals surface area contributed by atoms with E-state index in [9.17, 15) is 32.5 Å². The van der Waals surface area contributed by atoms with Crippen LogP contribution in [0.4, 0.5) is 23.4 Å². The number of rotatable bonds is 4. The normalized spacial score (nSPS) is 11.2. The van der Waals surface area contributed by atoms with E-state index in [1.807, 2.05) is 0 Å². The van der Waals surface area contributed by atoms with E-state index in [1.54, 1.807) is 0 Å². The Labute approximate surface area is 101 Å². The molecule has 0 saturated heterocycles. The molecule has 7 nitrogen and oxygen atoms in total. The van der Waals surface area contributed by atoms with Crippen LogP contribution in [-0.4, -0.2) is 27.3 Å². The van der Waals surface area contributed by atoms with Gasteiger partial charge in [0.15, 0.2) is 11.9 Å². The van der Waals surface area contributed by atoms with E-state index in [0.717, 1.165) is 0 Å². The number of alkyl halides is 3. The Morgan fingerprint density at radius 1 is 1.53 bits per heavy atom. The van der Waals surface area contributed by atoms with Crippen molar-refractivity contribution in [3.8, 4) is 5.75 Å². The minimum atomic E-state index is -5.33. The molecule has 0 atom stereocenters. The number of aliphatic carboxylic acids is 1. The number of aromatic nitrogens is 1. The van der Waals surface area contributed by atoms with Gasteiger partial charge in [-0.15, -0.1) is 13.2 Å². The minimum absolute atomic E-state index is 0.143. The highest BCUT2D eigenvalue weighted by Crippen LogP contribution is 2.33. The molecule has 104 valence electrons. The van der Waals surface area contributed by atoms with Gasteiger partial charge in [0, 0.05) is 0 Å². The van der Waals surface area contributed by atoms with Crippen LogP contribution in [0.2, 0.25) is 0 Å². The lowest BCUT2D eigenvalue weighted by molar-refractivity contribution is -0.390. The van der Waals surface area contributed by atoms with E-state index in [2.05, 4.69) is 9.72 Å². The molecule has 11 heteroatoms. The van der Waals surface area contributed by atoms with Crippen molar-refractivity contribution in [2.24, 2.45) is 0 Å². The topological polar surface area (TPSA) is 103 Å². The van der Waals surface area contributed by atoms with Crippen molar-refractivity contribution in [1.82, 2.24) is 4.98 Å². The van der Waals surface area contributed by atoms with Crippen molar-refractivity contribution < 1.29 is 37.1 Å². The fraction of sp³-hybridized carbons (Fsp3) is 0.250. The van der Waals surface area contributed by atoms with Crippen molar-refractivity contribution in [2.75, 3.05) is 0 Å². The van der Waals surface area contributed by atoms with Crippen LogP contribution in [-0.2, 0) is 11.2 Å². The van der Waals surface area contributed by atoms with Gasteiger partial charge in [0.1, 0.15) is 5.56 Å². The van der Waals surface area contributed by atoms with Crippen LogP contribution in [0.3, 0.4) is 0 Å². The summed E-state index contributed by atoms with van der Waals surface area (Å²) in [5.41, 5.74) is -1.10. The van der Waals surface area contributed by atoms with Crippen molar-refractivity contribution in [3.05, 3.63) is 27.7 Å². The molecule has 19 heavy (non-hydrogen) atoms. The SMILES string of the molecule is O=C(O)Cc1c([N+](=O)[O-])ncc(F)c1OC(F)(F)F. The van der Waals surface area contributed by atoms with Crippen LogP contribution in [0.5, 0.6) is 5.75 Å². The van der Waals surface area contributed by atoms with Gasteiger partial charge in [0.2, 0.25) is 5.82 Å². The predicted molar refractivity (Wildman–Crippen MR) is 48.9 cm³/mol. The molecular weight excluding hydrogens is 280 g/mol. The Morgan fingerprint density at radius 2 is 2.11 bits per heavy atom. The molecule has 0 bridgehead atoms. The third-order valence-corrected chi connectivity index (χ3v) is 1.78. The van der Waals surface area contributed by atoms with Crippen LogP contribution in [0.1, 0.15) is 5.56 Å². The molecule has 1 aromatic rings. The summed E-state index contributed by atoms with van der Waals surface area (Å²) in [5.74, 6) is -6.15. The van der Waals surface area contributed by atoms with E-state index in [-0.39, 0.29) is 6.20 Å². The molecule has 1 aromatic heterocycles. The quantitative estimate of drug-likeness (QED) is 0.512. The van der Waals surface area contributed by atoms with Gasteiger partial charge < -0.3 is 20.0 Å². The maximum absolute atomic E-state index is 13.2. The standard InChI is InChI=1S/C8H4F4N2O5/c9-4-2-13-7(14(17)18)3(1-5(15)16)6(4)19-8(10,11)12/h2H,1H2,(H,15,16). The van der Waals surface area contributed by atoms with Crippen LogP contribution < -0.4 is 4.74 Å². The first-order chi connectivity index (χ1) is 8.61. The molecule has 0 radical (unpaired) electrons. The second kappa shape index (κ2) is 5.04. The molecule has 0 amide bonds. The molecule has 1 N–H and O–H groups in total. The number of carboxylic acids is 1. The van der Waals surface area contributed by atoms with Crippen LogP contribution in [0.25, 0.3) is 0 Å². The Kier molecular flexibility index (Phi) is 3.87. The van der Waals surface area contributed by atoms with Gasteiger partial charge in [0.25, 0.3) is 0 Å². The largest absolute Gasteiger partial charge is 0.573 e.